The number of nitrogens with zero attached hydrogens (tertiary/aromatic N) is 2. The molecule has 7 nitrogen and oxygen atoms in total. The molecular formula is C24H28N2O5. The number of hydrogen-bond acceptors (Lipinski definition) is 6. The Labute approximate surface area is 182 Å². The van der Waals surface area contributed by atoms with E-state index < -0.39 is 0 Å². The highest BCUT2D eigenvalue weighted by Crippen LogP contribution is 2.35. The molecule has 1 fully saturated rings. The molecule has 0 bridgehead atoms. The van der Waals surface area contributed by atoms with Gasteiger partial charge in [-0.2, -0.15) is 0 Å². The first-order valence-electron chi connectivity index (χ1n) is 10.1. The van der Waals surface area contributed by atoms with Crippen molar-refractivity contribution in [2.45, 2.75) is 6.92 Å². The minimum absolute atomic E-state index is 0.0524. The molecule has 0 aliphatic carbocycles. The highest BCUT2D eigenvalue weighted by molar-refractivity contribution is 5.94. The van der Waals surface area contributed by atoms with Gasteiger partial charge in [-0.05, 0) is 43.3 Å². The van der Waals surface area contributed by atoms with E-state index in [2.05, 4.69) is 4.90 Å². The number of amides is 1. The number of anilines is 1. The number of carbonyl (C=O) groups excluding carboxylic acids is 2. The Morgan fingerprint density at radius 2 is 1.42 bits per heavy atom. The Bertz CT molecular complexity index is 961. The van der Waals surface area contributed by atoms with E-state index in [9.17, 15) is 9.59 Å². The standard InChI is InChI=1S/C24H28N2O5/c1-17(27)18-5-8-20(9-6-18)25-11-13-26(14-12-25)24(28)10-7-19-15-22(30-3)23(31-4)16-21(19)29-2/h5-10,15-16H,11-14H2,1-4H3/b10-7+. The predicted molar refractivity (Wildman–Crippen MR) is 120 cm³/mol. The van der Waals surface area contributed by atoms with Crippen molar-refractivity contribution in [2.75, 3.05) is 52.4 Å². The van der Waals surface area contributed by atoms with E-state index in [1.807, 2.05) is 29.2 Å². The predicted octanol–water partition coefficient (Wildman–Crippen LogP) is 3.28. The maximum atomic E-state index is 12.7. The van der Waals surface area contributed by atoms with Crippen molar-refractivity contribution in [1.29, 1.82) is 0 Å². The fraction of sp³-hybridized carbons (Fsp3) is 0.333. The van der Waals surface area contributed by atoms with E-state index in [4.69, 9.17) is 14.2 Å². The van der Waals surface area contributed by atoms with E-state index >= 15 is 0 Å². The summed E-state index contributed by atoms with van der Waals surface area (Å²) in [7, 11) is 4.70. The molecule has 1 aliphatic rings. The van der Waals surface area contributed by atoms with Crippen LogP contribution in [0.1, 0.15) is 22.8 Å². The first kappa shape index (κ1) is 22.2. The van der Waals surface area contributed by atoms with Crippen LogP contribution in [-0.4, -0.2) is 64.1 Å². The Morgan fingerprint density at radius 3 is 1.97 bits per heavy atom. The van der Waals surface area contributed by atoms with E-state index in [0.717, 1.165) is 24.3 Å². The van der Waals surface area contributed by atoms with Crippen LogP contribution < -0.4 is 19.1 Å². The van der Waals surface area contributed by atoms with Gasteiger partial charge in [-0.3, -0.25) is 9.59 Å². The van der Waals surface area contributed by atoms with E-state index in [-0.39, 0.29) is 11.7 Å². The number of rotatable bonds is 7. The van der Waals surface area contributed by atoms with Gasteiger partial charge in [0.25, 0.3) is 0 Å². The summed E-state index contributed by atoms with van der Waals surface area (Å²) in [5.74, 6) is 1.74. The minimum Gasteiger partial charge on any atom is -0.496 e. The maximum absolute atomic E-state index is 12.7. The fourth-order valence-electron chi connectivity index (χ4n) is 3.54. The third kappa shape index (κ3) is 5.17. The monoisotopic (exact) mass is 424 g/mol. The first-order chi connectivity index (χ1) is 15.0. The third-order valence-electron chi connectivity index (χ3n) is 5.37. The second kappa shape index (κ2) is 10.0. The van der Waals surface area contributed by atoms with E-state index in [1.54, 1.807) is 52.5 Å². The zero-order valence-corrected chi connectivity index (χ0v) is 18.4. The zero-order chi connectivity index (χ0) is 22.4. The number of ether oxygens (including phenoxy) is 3. The lowest BCUT2D eigenvalue weighted by molar-refractivity contribution is -0.126. The molecule has 0 radical (unpaired) electrons. The van der Waals surface area contributed by atoms with Gasteiger partial charge < -0.3 is 24.0 Å². The molecule has 31 heavy (non-hydrogen) atoms. The minimum atomic E-state index is -0.0524. The Kier molecular flexibility index (Phi) is 7.18. The molecule has 7 heteroatoms. The molecule has 1 saturated heterocycles. The van der Waals surface area contributed by atoms with Gasteiger partial charge >= 0.3 is 0 Å². The Balaban J connectivity index is 1.63. The molecule has 1 amide bonds. The first-order valence-corrected chi connectivity index (χ1v) is 10.1. The second-order valence-electron chi connectivity index (χ2n) is 7.20. The number of carbonyl (C=O) groups is 2. The molecule has 0 saturated carbocycles. The number of ketones is 1. The van der Waals surface area contributed by atoms with Crippen LogP contribution in [-0.2, 0) is 4.79 Å². The second-order valence-corrected chi connectivity index (χ2v) is 7.20. The van der Waals surface area contributed by atoms with Crippen molar-refractivity contribution in [1.82, 2.24) is 4.90 Å². The summed E-state index contributed by atoms with van der Waals surface area (Å²) in [6.45, 7) is 4.28. The molecule has 0 spiro atoms. The van der Waals surface area contributed by atoms with Crippen LogP contribution in [0.3, 0.4) is 0 Å². The number of benzene rings is 2. The van der Waals surface area contributed by atoms with Crippen LogP contribution in [0, 0.1) is 0 Å². The molecule has 0 aromatic heterocycles. The number of Topliss-reactive ketones (excluding diaryl/α,β-unsaturated/α-hetero) is 1. The number of piperazine rings is 1. The molecule has 2 aromatic carbocycles. The molecule has 3 rings (SSSR count). The summed E-state index contributed by atoms with van der Waals surface area (Å²) < 4.78 is 16.0. The summed E-state index contributed by atoms with van der Waals surface area (Å²) in [5.41, 5.74) is 2.49. The van der Waals surface area contributed by atoms with Gasteiger partial charge in [0.1, 0.15) is 5.75 Å². The van der Waals surface area contributed by atoms with E-state index in [1.165, 1.54) is 0 Å². The fourth-order valence-corrected chi connectivity index (χ4v) is 3.54. The molecule has 1 heterocycles. The van der Waals surface area contributed by atoms with Gasteiger partial charge in [-0.15, -0.1) is 0 Å². The smallest absolute Gasteiger partial charge is 0.246 e. The van der Waals surface area contributed by atoms with Gasteiger partial charge in [-0.1, -0.05) is 0 Å². The summed E-state index contributed by atoms with van der Waals surface area (Å²) >= 11 is 0. The number of methoxy groups -OCH3 is 3. The van der Waals surface area contributed by atoms with Gasteiger partial charge in [0.05, 0.1) is 21.3 Å². The van der Waals surface area contributed by atoms with Gasteiger partial charge in [0.15, 0.2) is 17.3 Å². The van der Waals surface area contributed by atoms with E-state index in [0.29, 0.717) is 35.9 Å². The van der Waals surface area contributed by atoms with Crippen LogP contribution in [0.4, 0.5) is 5.69 Å². The molecular weight excluding hydrogens is 396 g/mol. The van der Waals surface area contributed by atoms with Crippen LogP contribution in [0.25, 0.3) is 6.08 Å². The summed E-state index contributed by atoms with van der Waals surface area (Å²) in [6, 6.07) is 11.1. The van der Waals surface area contributed by atoms with Crippen LogP contribution in [0.2, 0.25) is 0 Å². The highest BCUT2D eigenvalue weighted by Gasteiger charge is 2.20. The molecule has 164 valence electrons. The SMILES string of the molecule is COc1cc(OC)c(OC)cc1/C=C/C(=O)N1CCN(c2ccc(C(C)=O)cc2)CC1. The van der Waals surface area contributed by atoms with Crippen LogP contribution >= 0.6 is 0 Å². The highest BCUT2D eigenvalue weighted by atomic mass is 16.5. The van der Waals surface area contributed by atoms with Crippen molar-refractivity contribution < 1.29 is 23.8 Å². The topological polar surface area (TPSA) is 68.3 Å². The Morgan fingerprint density at radius 1 is 0.839 bits per heavy atom. The van der Waals surface area contributed by atoms with Gasteiger partial charge in [0, 0.05) is 55.1 Å². The summed E-state index contributed by atoms with van der Waals surface area (Å²) in [5, 5.41) is 0. The van der Waals surface area contributed by atoms with Crippen molar-refractivity contribution in [3.8, 4) is 17.2 Å². The molecule has 1 aliphatic heterocycles. The quantitative estimate of drug-likeness (QED) is 0.502. The van der Waals surface area contributed by atoms with Crippen LogP contribution in [0.5, 0.6) is 17.2 Å². The summed E-state index contributed by atoms with van der Waals surface area (Å²) in [6.07, 6.45) is 3.29. The maximum Gasteiger partial charge on any atom is 0.246 e. The zero-order valence-electron chi connectivity index (χ0n) is 18.4. The lowest BCUT2D eigenvalue weighted by Gasteiger charge is -2.35. The average Bonchev–Trinajstić information content (AvgIpc) is 2.82. The lowest BCUT2D eigenvalue weighted by Crippen LogP contribution is -2.48. The summed E-state index contributed by atoms with van der Waals surface area (Å²) in [4.78, 5) is 28.2. The van der Waals surface area contributed by atoms with Crippen LogP contribution in [0.15, 0.2) is 42.5 Å². The average molecular weight is 424 g/mol. The van der Waals surface area contributed by atoms with Crippen molar-refractivity contribution in [3.05, 3.63) is 53.6 Å². The molecule has 0 unspecified atom stereocenters. The van der Waals surface area contributed by atoms with Crippen molar-refractivity contribution in [2.24, 2.45) is 0 Å². The van der Waals surface area contributed by atoms with Gasteiger partial charge in [-0.25, -0.2) is 0 Å². The number of hydrogen-bond donors (Lipinski definition) is 0. The van der Waals surface area contributed by atoms with Crippen molar-refractivity contribution >= 4 is 23.5 Å². The third-order valence-corrected chi connectivity index (χ3v) is 5.37. The normalized spacial score (nSPS) is 13.9. The molecule has 0 atom stereocenters. The molecule has 0 N–H and O–H groups in total. The Hall–Kier alpha value is -3.48. The molecule has 2 aromatic rings. The van der Waals surface area contributed by atoms with Crippen molar-refractivity contribution in [3.63, 3.8) is 0 Å². The lowest BCUT2D eigenvalue weighted by atomic mass is 10.1. The van der Waals surface area contributed by atoms with Gasteiger partial charge in [0.2, 0.25) is 5.91 Å². The largest absolute Gasteiger partial charge is 0.496 e.